The molecule has 0 saturated carbocycles. The van der Waals surface area contributed by atoms with E-state index in [-0.39, 0.29) is 12.8 Å². The largest absolute Gasteiger partial charge is 0.481 e. The van der Waals surface area contributed by atoms with Gasteiger partial charge in [0.2, 0.25) is 0 Å². The fraction of sp³-hybridized carbons (Fsp3) is 0.200. The van der Waals surface area contributed by atoms with Gasteiger partial charge < -0.3 is 9.90 Å². The Bertz CT molecular complexity index is 329. The second kappa shape index (κ2) is 4.60. The monoisotopic (exact) mass is 188 g/mol. The Labute approximate surface area is 83.2 Å². The van der Waals surface area contributed by atoms with Gasteiger partial charge in [-0.25, -0.2) is 0 Å². The van der Waals surface area contributed by atoms with Crippen molar-refractivity contribution < 1.29 is 14.7 Å². The molecule has 70 valence electrons. The summed E-state index contributed by atoms with van der Waals surface area (Å²) in [6, 6.07) is 6.85. The first kappa shape index (κ1) is 10.5. The fourth-order valence-corrected chi connectivity index (χ4v) is 1.23. The minimum atomic E-state index is -0.888. The molecule has 0 aliphatic heterocycles. The van der Waals surface area contributed by atoms with Crippen LogP contribution in [0.1, 0.15) is 11.1 Å². The molecule has 1 rings (SSSR count). The normalized spacial score (nSPS) is 9.71. The van der Waals surface area contributed by atoms with Crippen LogP contribution in [-0.4, -0.2) is 24.6 Å². The maximum absolute atomic E-state index is 10.6. The molecule has 0 unspecified atom stereocenters. The zero-order chi connectivity index (χ0) is 10.6. The van der Waals surface area contributed by atoms with Crippen molar-refractivity contribution in [3.05, 3.63) is 35.4 Å². The quantitative estimate of drug-likeness (QED) is 0.702. The molecule has 1 aromatic rings. The Morgan fingerprint density at radius 2 is 1.79 bits per heavy atom. The lowest BCUT2D eigenvalue weighted by Gasteiger charge is -2.01. The summed E-state index contributed by atoms with van der Waals surface area (Å²) in [5, 5.41) is 8.55. The summed E-state index contributed by atoms with van der Waals surface area (Å²) in [6.07, 6.45) is 0.111. The lowest BCUT2D eigenvalue weighted by Crippen LogP contribution is -2.03. The van der Waals surface area contributed by atoms with E-state index < -0.39 is 11.7 Å². The standard InChI is InChI=1S/C10H9BO3/c11-9(12)5-7-2-1-3-8(4-7)6-10(13)14/h1-4H,5-6H2,(H,13,14). The first-order valence-electron chi connectivity index (χ1n) is 4.16. The third-order valence-corrected chi connectivity index (χ3v) is 1.73. The van der Waals surface area contributed by atoms with E-state index in [1.54, 1.807) is 24.3 Å². The van der Waals surface area contributed by atoms with Gasteiger partial charge >= 0.3 is 5.97 Å². The fourth-order valence-electron chi connectivity index (χ4n) is 1.23. The van der Waals surface area contributed by atoms with Crippen molar-refractivity contribution in [3.8, 4) is 0 Å². The van der Waals surface area contributed by atoms with Crippen LogP contribution >= 0.6 is 0 Å². The van der Waals surface area contributed by atoms with Gasteiger partial charge in [-0.15, -0.1) is 0 Å². The first-order chi connectivity index (χ1) is 6.58. The molecule has 0 aliphatic rings. The van der Waals surface area contributed by atoms with Crippen molar-refractivity contribution in [2.75, 3.05) is 0 Å². The van der Waals surface area contributed by atoms with Crippen LogP contribution in [0.3, 0.4) is 0 Å². The highest BCUT2D eigenvalue weighted by Crippen LogP contribution is 2.06. The number of hydrogen-bond acceptors (Lipinski definition) is 2. The third-order valence-electron chi connectivity index (χ3n) is 1.73. The number of carbonyl (C=O) groups is 2. The van der Waals surface area contributed by atoms with Gasteiger partial charge in [-0.2, -0.15) is 0 Å². The van der Waals surface area contributed by atoms with Crippen LogP contribution in [0.5, 0.6) is 0 Å². The van der Waals surface area contributed by atoms with Crippen LogP contribution < -0.4 is 0 Å². The maximum Gasteiger partial charge on any atom is 0.307 e. The van der Waals surface area contributed by atoms with Crippen molar-refractivity contribution in [1.82, 2.24) is 0 Å². The van der Waals surface area contributed by atoms with Gasteiger partial charge in [0, 0.05) is 6.42 Å². The molecule has 0 aromatic heterocycles. The molecule has 0 atom stereocenters. The van der Waals surface area contributed by atoms with E-state index >= 15 is 0 Å². The van der Waals surface area contributed by atoms with Crippen molar-refractivity contribution >= 4 is 19.5 Å². The predicted molar refractivity (Wildman–Crippen MR) is 52.2 cm³/mol. The van der Waals surface area contributed by atoms with Gasteiger partial charge in [-0.3, -0.25) is 4.79 Å². The Hall–Kier alpha value is -1.58. The summed E-state index contributed by atoms with van der Waals surface area (Å²) in [5.74, 6) is -0.888. The number of carbonyl (C=O) groups excluding carboxylic acids is 1. The van der Waals surface area contributed by atoms with Gasteiger partial charge in [-0.05, 0) is 11.1 Å². The van der Waals surface area contributed by atoms with Crippen LogP contribution in [0.4, 0.5) is 0 Å². The molecule has 0 fully saturated rings. The molecular formula is C10H9BO3. The molecular weight excluding hydrogens is 179 g/mol. The van der Waals surface area contributed by atoms with E-state index in [2.05, 4.69) is 0 Å². The number of benzene rings is 1. The van der Waals surface area contributed by atoms with Gasteiger partial charge in [0.05, 0.1) is 12.1 Å². The highest BCUT2D eigenvalue weighted by atomic mass is 16.4. The molecule has 1 aromatic carbocycles. The highest BCUT2D eigenvalue weighted by molar-refractivity contribution is 6.57. The Balaban J connectivity index is 2.78. The molecule has 2 radical (unpaired) electrons. The second-order valence-electron chi connectivity index (χ2n) is 3.03. The third kappa shape index (κ3) is 3.43. The van der Waals surface area contributed by atoms with Gasteiger partial charge in [-0.1, -0.05) is 24.3 Å². The highest BCUT2D eigenvalue weighted by Gasteiger charge is 2.02. The lowest BCUT2D eigenvalue weighted by molar-refractivity contribution is -0.136. The van der Waals surface area contributed by atoms with Crippen LogP contribution in [0, 0.1) is 0 Å². The lowest BCUT2D eigenvalue weighted by atomic mass is 9.94. The number of hydrogen-bond donors (Lipinski definition) is 1. The van der Waals surface area contributed by atoms with E-state index in [1.807, 2.05) is 0 Å². The number of carboxylic acids is 1. The molecule has 0 saturated heterocycles. The van der Waals surface area contributed by atoms with Gasteiger partial charge in [0.25, 0.3) is 0 Å². The maximum atomic E-state index is 10.6. The number of rotatable bonds is 4. The first-order valence-corrected chi connectivity index (χ1v) is 4.16. The van der Waals surface area contributed by atoms with Crippen molar-refractivity contribution in [2.45, 2.75) is 12.8 Å². The van der Waals surface area contributed by atoms with E-state index in [1.165, 1.54) is 0 Å². The SMILES string of the molecule is [B]C(=O)Cc1cccc(CC(=O)O)c1. The van der Waals surface area contributed by atoms with Crippen LogP contribution in [0.25, 0.3) is 0 Å². The smallest absolute Gasteiger partial charge is 0.307 e. The van der Waals surface area contributed by atoms with Crippen molar-refractivity contribution in [3.63, 3.8) is 0 Å². The molecule has 0 aliphatic carbocycles. The summed E-state index contributed by atoms with van der Waals surface area (Å²) in [7, 11) is 5.02. The molecule has 0 amide bonds. The van der Waals surface area contributed by atoms with Crippen molar-refractivity contribution in [1.29, 1.82) is 0 Å². The van der Waals surface area contributed by atoms with E-state index in [9.17, 15) is 9.59 Å². The topological polar surface area (TPSA) is 54.4 Å². The Morgan fingerprint density at radius 1 is 1.21 bits per heavy atom. The molecule has 4 heteroatoms. The van der Waals surface area contributed by atoms with E-state index in [0.717, 1.165) is 5.56 Å². The summed E-state index contributed by atoms with van der Waals surface area (Å²) in [6.45, 7) is 0. The van der Waals surface area contributed by atoms with Crippen LogP contribution in [0.2, 0.25) is 0 Å². The minimum absolute atomic E-state index is 0.0351. The van der Waals surface area contributed by atoms with E-state index in [4.69, 9.17) is 13.0 Å². The van der Waals surface area contributed by atoms with Gasteiger partial charge in [0.1, 0.15) is 0 Å². The second-order valence-corrected chi connectivity index (χ2v) is 3.03. The summed E-state index contributed by atoms with van der Waals surface area (Å²) >= 11 is 0. The minimum Gasteiger partial charge on any atom is -0.481 e. The summed E-state index contributed by atoms with van der Waals surface area (Å²) in [5.41, 5.74) is 1.00. The van der Waals surface area contributed by atoms with Crippen LogP contribution in [-0.2, 0) is 22.4 Å². The molecule has 0 bridgehead atoms. The summed E-state index contributed by atoms with van der Waals surface area (Å²) in [4.78, 5) is 21.0. The zero-order valence-electron chi connectivity index (χ0n) is 7.56. The average Bonchev–Trinajstić information content (AvgIpc) is 2.01. The van der Waals surface area contributed by atoms with E-state index in [0.29, 0.717) is 5.56 Å². The summed E-state index contributed by atoms with van der Waals surface area (Å²) < 4.78 is 0. The van der Waals surface area contributed by atoms with Crippen LogP contribution in [0.15, 0.2) is 24.3 Å². The Morgan fingerprint density at radius 3 is 2.29 bits per heavy atom. The van der Waals surface area contributed by atoms with Crippen molar-refractivity contribution in [2.24, 2.45) is 0 Å². The Kier molecular flexibility index (Phi) is 3.45. The number of aliphatic carboxylic acids is 1. The zero-order valence-corrected chi connectivity index (χ0v) is 7.56. The molecule has 1 N–H and O–H groups in total. The molecule has 14 heavy (non-hydrogen) atoms. The molecule has 0 spiro atoms. The average molecular weight is 188 g/mol. The molecule has 0 heterocycles. The number of carboxylic acid groups (broad SMARTS) is 1. The molecule has 3 nitrogen and oxygen atoms in total. The van der Waals surface area contributed by atoms with Gasteiger partial charge in [0.15, 0.2) is 7.85 Å². The predicted octanol–water partition coefficient (Wildman–Crippen LogP) is 0.551.